The monoisotopic (exact) mass is 155 g/mol. The Labute approximate surface area is 66.1 Å². The summed E-state index contributed by atoms with van der Waals surface area (Å²) >= 11 is 0. The molecule has 0 spiro atoms. The molecule has 3 nitrogen and oxygen atoms in total. The minimum atomic E-state index is 0.153. The molecule has 0 aliphatic carbocycles. The smallest absolute Gasteiger partial charge is 0.138 e. The number of aliphatic hydroxyl groups is 1. The maximum atomic E-state index is 8.92. The van der Waals surface area contributed by atoms with Crippen LogP contribution in [0, 0.1) is 6.92 Å². The molecule has 62 valence electrons. The van der Waals surface area contributed by atoms with Gasteiger partial charge in [0.25, 0.3) is 0 Å². The first-order chi connectivity index (χ1) is 5.20. The third kappa shape index (κ3) is 2.91. The van der Waals surface area contributed by atoms with Crippen molar-refractivity contribution in [1.82, 2.24) is 0 Å². The molecule has 0 radical (unpaired) electrons. The molecule has 0 atom stereocenters. The van der Waals surface area contributed by atoms with E-state index in [1.165, 1.54) is 0 Å². The van der Waals surface area contributed by atoms with E-state index in [0.717, 1.165) is 12.7 Å². The number of phenols is 1. The normalized spacial score (nSPS) is 8.27. The standard InChI is InChI=1S/C7H9NO.CH4O/c1-5-2-3-7(9)6(8)4-5;1-2/h2-4,9H,8H2,1H3;2H,1H3. The Hall–Kier alpha value is -1.22. The number of aromatic hydroxyl groups is 1. The van der Waals surface area contributed by atoms with Gasteiger partial charge in [0.1, 0.15) is 5.75 Å². The summed E-state index contributed by atoms with van der Waals surface area (Å²) in [6, 6.07) is 5.13. The van der Waals surface area contributed by atoms with Gasteiger partial charge in [-0.15, -0.1) is 0 Å². The number of hydrogen-bond acceptors (Lipinski definition) is 3. The molecule has 0 aliphatic heterocycles. The van der Waals surface area contributed by atoms with Gasteiger partial charge in [-0.1, -0.05) is 6.07 Å². The highest BCUT2D eigenvalue weighted by Crippen LogP contribution is 2.19. The molecule has 11 heavy (non-hydrogen) atoms. The summed E-state index contributed by atoms with van der Waals surface area (Å²) in [7, 11) is 1.00. The molecule has 1 aromatic rings. The molecule has 3 heteroatoms. The molecule has 0 saturated carbocycles. The second kappa shape index (κ2) is 4.57. The Kier molecular flexibility index (Phi) is 4.07. The fraction of sp³-hybridized carbons (Fsp3) is 0.250. The molecule has 0 heterocycles. The van der Waals surface area contributed by atoms with Crippen molar-refractivity contribution in [1.29, 1.82) is 0 Å². The van der Waals surface area contributed by atoms with E-state index >= 15 is 0 Å². The first kappa shape index (κ1) is 9.78. The molecule has 0 aliphatic rings. The summed E-state index contributed by atoms with van der Waals surface area (Å²) in [6.45, 7) is 1.93. The van der Waals surface area contributed by atoms with E-state index in [2.05, 4.69) is 0 Å². The van der Waals surface area contributed by atoms with Gasteiger partial charge < -0.3 is 15.9 Å². The van der Waals surface area contributed by atoms with Crippen LogP contribution < -0.4 is 5.73 Å². The highest BCUT2D eigenvalue weighted by atomic mass is 16.3. The fourth-order valence-electron chi connectivity index (χ4n) is 0.674. The van der Waals surface area contributed by atoms with Crippen molar-refractivity contribution in [3.63, 3.8) is 0 Å². The predicted molar refractivity (Wildman–Crippen MR) is 45.4 cm³/mol. The average molecular weight is 155 g/mol. The number of aryl methyl sites for hydroxylation is 1. The average Bonchev–Trinajstić information content (AvgIpc) is 2.02. The second-order valence-electron chi connectivity index (χ2n) is 2.06. The van der Waals surface area contributed by atoms with E-state index in [1.807, 2.05) is 13.0 Å². The molecule has 0 saturated heterocycles. The number of aliphatic hydroxyl groups excluding tert-OH is 1. The molecular formula is C8H13NO2. The van der Waals surface area contributed by atoms with Gasteiger partial charge in [-0.05, 0) is 24.6 Å². The Bertz CT molecular complexity index is 223. The summed E-state index contributed by atoms with van der Waals surface area (Å²) in [5, 5.41) is 15.9. The van der Waals surface area contributed by atoms with Crippen LogP contribution in [0.1, 0.15) is 5.56 Å². The fourth-order valence-corrected chi connectivity index (χ4v) is 0.674. The lowest BCUT2D eigenvalue weighted by Crippen LogP contribution is -1.85. The third-order valence-electron chi connectivity index (χ3n) is 1.18. The van der Waals surface area contributed by atoms with Crippen molar-refractivity contribution in [2.24, 2.45) is 0 Å². The zero-order valence-corrected chi connectivity index (χ0v) is 6.70. The van der Waals surface area contributed by atoms with Gasteiger partial charge in [-0.2, -0.15) is 0 Å². The van der Waals surface area contributed by atoms with E-state index in [1.54, 1.807) is 12.1 Å². The van der Waals surface area contributed by atoms with Crippen LogP contribution in [-0.2, 0) is 0 Å². The van der Waals surface area contributed by atoms with E-state index in [-0.39, 0.29) is 5.75 Å². The van der Waals surface area contributed by atoms with Crippen LogP contribution in [0.5, 0.6) is 5.75 Å². The predicted octanol–water partition coefficient (Wildman–Crippen LogP) is 0.891. The summed E-state index contributed by atoms with van der Waals surface area (Å²) in [5.41, 5.74) is 6.87. The summed E-state index contributed by atoms with van der Waals surface area (Å²) in [4.78, 5) is 0. The summed E-state index contributed by atoms with van der Waals surface area (Å²) in [6.07, 6.45) is 0. The summed E-state index contributed by atoms with van der Waals surface area (Å²) < 4.78 is 0. The summed E-state index contributed by atoms with van der Waals surface area (Å²) in [5.74, 6) is 0.153. The van der Waals surface area contributed by atoms with E-state index < -0.39 is 0 Å². The van der Waals surface area contributed by atoms with Crippen molar-refractivity contribution < 1.29 is 10.2 Å². The number of rotatable bonds is 0. The lowest BCUT2D eigenvalue weighted by atomic mass is 10.2. The SMILES string of the molecule is CO.Cc1ccc(O)c(N)c1. The lowest BCUT2D eigenvalue weighted by Gasteiger charge is -1.97. The molecule has 4 N–H and O–H groups in total. The van der Waals surface area contributed by atoms with Crippen molar-refractivity contribution in [2.75, 3.05) is 12.8 Å². The molecule has 0 fully saturated rings. The van der Waals surface area contributed by atoms with Crippen molar-refractivity contribution in [2.45, 2.75) is 6.92 Å². The van der Waals surface area contributed by atoms with Crippen LogP contribution in [0.25, 0.3) is 0 Å². The number of phenolic OH excluding ortho intramolecular Hbond substituents is 1. The zero-order valence-electron chi connectivity index (χ0n) is 6.70. The number of benzene rings is 1. The van der Waals surface area contributed by atoms with Gasteiger partial charge in [0.15, 0.2) is 0 Å². The minimum absolute atomic E-state index is 0.153. The minimum Gasteiger partial charge on any atom is -0.506 e. The maximum absolute atomic E-state index is 8.92. The van der Waals surface area contributed by atoms with Crippen molar-refractivity contribution in [3.05, 3.63) is 23.8 Å². The van der Waals surface area contributed by atoms with Crippen molar-refractivity contribution >= 4 is 5.69 Å². The topological polar surface area (TPSA) is 66.5 Å². The number of nitrogens with two attached hydrogens (primary N) is 1. The Morgan fingerprint density at radius 3 is 2.18 bits per heavy atom. The molecule has 1 rings (SSSR count). The second-order valence-corrected chi connectivity index (χ2v) is 2.06. The van der Waals surface area contributed by atoms with E-state index in [9.17, 15) is 0 Å². The van der Waals surface area contributed by atoms with Crippen LogP contribution in [0.2, 0.25) is 0 Å². The molecule has 0 aromatic heterocycles. The third-order valence-corrected chi connectivity index (χ3v) is 1.18. The quantitative estimate of drug-likeness (QED) is 0.385. The van der Waals surface area contributed by atoms with Gasteiger partial charge in [-0.3, -0.25) is 0 Å². The number of hydrogen-bond donors (Lipinski definition) is 3. The van der Waals surface area contributed by atoms with Gasteiger partial charge >= 0.3 is 0 Å². The molecule has 0 unspecified atom stereocenters. The first-order valence-electron chi connectivity index (χ1n) is 3.20. The molecule has 0 bridgehead atoms. The van der Waals surface area contributed by atoms with Crippen LogP contribution in [-0.4, -0.2) is 17.3 Å². The van der Waals surface area contributed by atoms with Gasteiger partial charge in [0.05, 0.1) is 5.69 Å². The number of anilines is 1. The molecule has 1 aromatic carbocycles. The zero-order chi connectivity index (χ0) is 8.85. The lowest BCUT2D eigenvalue weighted by molar-refractivity contribution is 0.399. The highest BCUT2D eigenvalue weighted by molar-refractivity contribution is 5.52. The number of nitrogen functional groups attached to an aromatic ring is 1. The largest absolute Gasteiger partial charge is 0.506 e. The van der Waals surface area contributed by atoms with E-state index in [4.69, 9.17) is 15.9 Å². The van der Waals surface area contributed by atoms with Gasteiger partial charge in [-0.25, -0.2) is 0 Å². The van der Waals surface area contributed by atoms with Crippen molar-refractivity contribution in [3.8, 4) is 5.75 Å². The van der Waals surface area contributed by atoms with Gasteiger partial charge in [0.2, 0.25) is 0 Å². The van der Waals surface area contributed by atoms with E-state index in [0.29, 0.717) is 5.69 Å². The molecular weight excluding hydrogens is 142 g/mol. The maximum Gasteiger partial charge on any atom is 0.138 e. The Morgan fingerprint density at radius 1 is 1.27 bits per heavy atom. The Balaban J connectivity index is 0.000000461. The van der Waals surface area contributed by atoms with Crippen LogP contribution in [0.4, 0.5) is 5.69 Å². The van der Waals surface area contributed by atoms with Crippen LogP contribution >= 0.6 is 0 Å². The highest BCUT2D eigenvalue weighted by Gasteiger charge is 1.92. The Morgan fingerprint density at radius 2 is 1.82 bits per heavy atom. The molecule has 0 amide bonds. The van der Waals surface area contributed by atoms with Crippen LogP contribution in [0.3, 0.4) is 0 Å². The van der Waals surface area contributed by atoms with Crippen LogP contribution in [0.15, 0.2) is 18.2 Å². The first-order valence-corrected chi connectivity index (χ1v) is 3.20. The van der Waals surface area contributed by atoms with Gasteiger partial charge in [0, 0.05) is 7.11 Å².